The summed E-state index contributed by atoms with van der Waals surface area (Å²) in [7, 11) is 0. The average molecular weight is 474 g/mol. The zero-order chi connectivity index (χ0) is 24.0. The van der Waals surface area contributed by atoms with Crippen LogP contribution in [0.3, 0.4) is 0 Å². The lowest BCUT2D eigenvalue weighted by Gasteiger charge is -2.43. The van der Waals surface area contributed by atoms with Gasteiger partial charge in [0.2, 0.25) is 0 Å². The number of benzene rings is 2. The van der Waals surface area contributed by atoms with E-state index in [9.17, 15) is 13.2 Å². The van der Waals surface area contributed by atoms with Crippen molar-refractivity contribution in [1.29, 1.82) is 0 Å². The van der Waals surface area contributed by atoms with E-state index in [1.54, 1.807) is 12.1 Å². The van der Waals surface area contributed by atoms with Crippen LogP contribution in [0.1, 0.15) is 60.4 Å². The van der Waals surface area contributed by atoms with Crippen molar-refractivity contribution in [3.05, 3.63) is 70.8 Å². The van der Waals surface area contributed by atoms with E-state index >= 15 is 0 Å². The number of hydrogen-bond acceptors (Lipinski definition) is 3. The molecular formula is C28H38F3N3. The maximum absolute atomic E-state index is 13.1. The number of halogens is 3. The zero-order valence-electron chi connectivity index (χ0n) is 20.3. The number of aryl methyl sites for hydroxylation is 1. The predicted molar refractivity (Wildman–Crippen MR) is 132 cm³/mol. The van der Waals surface area contributed by atoms with Crippen molar-refractivity contribution < 1.29 is 13.2 Å². The zero-order valence-corrected chi connectivity index (χ0v) is 20.3. The molecule has 1 heterocycles. The highest BCUT2D eigenvalue weighted by molar-refractivity contribution is 5.27. The molecule has 1 N–H and O–H groups in total. The highest BCUT2D eigenvalue weighted by Gasteiger charge is 2.32. The molecule has 2 aromatic rings. The van der Waals surface area contributed by atoms with Crippen molar-refractivity contribution in [2.24, 2.45) is 0 Å². The van der Waals surface area contributed by atoms with Gasteiger partial charge in [-0.2, -0.15) is 13.2 Å². The lowest BCUT2D eigenvalue weighted by Crippen LogP contribution is -2.52. The molecule has 186 valence electrons. The smallest absolute Gasteiger partial charge is 0.314 e. The highest BCUT2D eigenvalue weighted by atomic mass is 19.4. The van der Waals surface area contributed by atoms with Gasteiger partial charge in [-0.3, -0.25) is 9.80 Å². The number of alkyl halides is 3. The first kappa shape index (κ1) is 25.2. The van der Waals surface area contributed by atoms with Gasteiger partial charge in [0.15, 0.2) is 0 Å². The molecule has 1 atom stereocenters. The average Bonchev–Trinajstić information content (AvgIpc) is 2.85. The second kappa shape index (κ2) is 11.7. The van der Waals surface area contributed by atoms with Gasteiger partial charge in [-0.15, -0.1) is 0 Å². The molecule has 2 aromatic carbocycles. The minimum absolute atomic E-state index is 0.0776. The third kappa shape index (κ3) is 6.83. The standard InChI is InChI=1S/C28H38F3N3/c1-22-7-9-23(10-8-22)15-16-32-21-27(24-11-13-25(14-12-24)28(29,30)31)34-19-17-33(18-20-34)26-5-3-2-4-6-26/h7-14,26-27,32H,2-6,15-21H2,1H3. The van der Waals surface area contributed by atoms with E-state index in [0.717, 1.165) is 51.3 Å². The van der Waals surface area contributed by atoms with Crippen LogP contribution in [-0.4, -0.2) is 55.1 Å². The van der Waals surface area contributed by atoms with E-state index in [1.807, 2.05) is 0 Å². The van der Waals surface area contributed by atoms with Crippen LogP contribution in [0.2, 0.25) is 0 Å². The van der Waals surface area contributed by atoms with Crippen LogP contribution < -0.4 is 5.32 Å². The number of nitrogens with zero attached hydrogens (tertiary/aromatic N) is 2. The maximum Gasteiger partial charge on any atom is 0.416 e. The third-order valence-corrected chi connectivity index (χ3v) is 7.55. The molecule has 1 aliphatic heterocycles. The largest absolute Gasteiger partial charge is 0.416 e. The Morgan fingerprint density at radius 2 is 1.53 bits per heavy atom. The van der Waals surface area contributed by atoms with Gasteiger partial charge >= 0.3 is 6.18 Å². The molecule has 0 radical (unpaired) electrons. The van der Waals surface area contributed by atoms with Crippen LogP contribution in [-0.2, 0) is 12.6 Å². The molecule has 1 saturated heterocycles. The Bertz CT molecular complexity index is 865. The lowest BCUT2D eigenvalue weighted by atomic mass is 9.93. The van der Waals surface area contributed by atoms with Gasteiger partial charge in [0.1, 0.15) is 0 Å². The van der Waals surface area contributed by atoms with E-state index in [-0.39, 0.29) is 6.04 Å². The fourth-order valence-electron chi connectivity index (χ4n) is 5.44. The SMILES string of the molecule is Cc1ccc(CCNCC(c2ccc(C(F)(F)F)cc2)N2CCN(C3CCCCC3)CC2)cc1. The molecular weight excluding hydrogens is 435 g/mol. The summed E-state index contributed by atoms with van der Waals surface area (Å²) in [5.74, 6) is 0. The van der Waals surface area contributed by atoms with Gasteiger partial charge in [0.05, 0.1) is 5.56 Å². The van der Waals surface area contributed by atoms with Crippen LogP contribution in [0.15, 0.2) is 48.5 Å². The molecule has 3 nitrogen and oxygen atoms in total. The monoisotopic (exact) mass is 473 g/mol. The number of nitrogens with one attached hydrogen (secondary N) is 1. The van der Waals surface area contributed by atoms with E-state index < -0.39 is 11.7 Å². The summed E-state index contributed by atoms with van der Waals surface area (Å²) in [6, 6.07) is 15.2. The molecule has 2 aliphatic rings. The molecule has 1 saturated carbocycles. The summed E-state index contributed by atoms with van der Waals surface area (Å²) in [4.78, 5) is 5.10. The van der Waals surface area contributed by atoms with Gasteiger partial charge in [-0.1, -0.05) is 61.2 Å². The molecule has 4 rings (SSSR count). The minimum Gasteiger partial charge on any atom is -0.314 e. The molecule has 0 aromatic heterocycles. The van der Waals surface area contributed by atoms with Gasteiger partial charge in [-0.25, -0.2) is 0 Å². The summed E-state index contributed by atoms with van der Waals surface area (Å²) >= 11 is 0. The molecule has 0 spiro atoms. The first-order valence-electron chi connectivity index (χ1n) is 12.8. The third-order valence-electron chi connectivity index (χ3n) is 7.55. The second-order valence-electron chi connectivity index (χ2n) is 9.94. The van der Waals surface area contributed by atoms with E-state index in [0.29, 0.717) is 6.04 Å². The summed E-state index contributed by atoms with van der Waals surface area (Å²) in [6.45, 7) is 7.69. The topological polar surface area (TPSA) is 18.5 Å². The van der Waals surface area contributed by atoms with Gasteiger partial charge < -0.3 is 5.32 Å². The summed E-state index contributed by atoms with van der Waals surface area (Å²) < 4.78 is 39.3. The van der Waals surface area contributed by atoms with Crippen LogP contribution in [0.5, 0.6) is 0 Å². The molecule has 1 aliphatic carbocycles. The molecule has 0 amide bonds. The minimum atomic E-state index is -4.30. The normalized spacial score (nSPS) is 19.9. The Kier molecular flexibility index (Phi) is 8.67. The lowest BCUT2D eigenvalue weighted by molar-refractivity contribution is -0.137. The molecule has 2 fully saturated rings. The Hall–Kier alpha value is -1.89. The van der Waals surface area contributed by atoms with Crippen LogP contribution >= 0.6 is 0 Å². The van der Waals surface area contributed by atoms with Crippen molar-refractivity contribution in [2.45, 2.75) is 63.7 Å². The maximum atomic E-state index is 13.1. The van der Waals surface area contributed by atoms with Crippen LogP contribution in [0.4, 0.5) is 13.2 Å². The molecule has 0 bridgehead atoms. The van der Waals surface area contributed by atoms with Crippen molar-refractivity contribution in [3.63, 3.8) is 0 Å². The van der Waals surface area contributed by atoms with E-state index in [2.05, 4.69) is 46.3 Å². The van der Waals surface area contributed by atoms with E-state index in [4.69, 9.17) is 0 Å². The summed E-state index contributed by atoms with van der Waals surface area (Å²) in [5, 5.41) is 3.59. The van der Waals surface area contributed by atoms with Crippen LogP contribution in [0.25, 0.3) is 0 Å². The Morgan fingerprint density at radius 1 is 0.882 bits per heavy atom. The second-order valence-corrected chi connectivity index (χ2v) is 9.94. The molecule has 6 heteroatoms. The molecule has 1 unspecified atom stereocenters. The number of rotatable bonds is 8. The van der Waals surface area contributed by atoms with Crippen molar-refractivity contribution in [3.8, 4) is 0 Å². The molecule has 34 heavy (non-hydrogen) atoms. The first-order chi connectivity index (χ1) is 16.4. The fourth-order valence-corrected chi connectivity index (χ4v) is 5.44. The van der Waals surface area contributed by atoms with Crippen molar-refractivity contribution >= 4 is 0 Å². The Morgan fingerprint density at radius 3 is 2.15 bits per heavy atom. The van der Waals surface area contributed by atoms with Crippen molar-refractivity contribution in [1.82, 2.24) is 15.1 Å². The number of piperazine rings is 1. The Labute approximate surface area is 202 Å². The van der Waals surface area contributed by atoms with E-state index in [1.165, 1.54) is 55.4 Å². The van der Waals surface area contributed by atoms with Gasteiger partial charge in [0.25, 0.3) is 0 Å². The fraction of sp³-hybridized carbons (Fsp3) is 0.571. The number of hydrogen-bond donors (Lipinski definition) is 1. The van der Waals surface area contributed by atoms with Crippen LogP contribution in [0, 0.1) is 6.92 Å². The van der Waals surface area contributed by atoms with Gasteiger partial charge in [0, 0.05) is 44.8 Å². The Balaban J connectivity index is 1.38. The summed E-state index contributed by atoms with van der Waals surface area (Å²) in [6.07, 6.45) is 3.29. The predicted octanol–water partition coefficient (Wildman–Crippen LogP) is 5.84. The quantitative estimate of drug-likeness (QED) is 0.486. The van der Waals surface area contributed by atoms with Crippen molar-refractivity contribution in [2.75, 3.05) is 39.3 Å². The first-order valence-corrected chi connectivity index (χ1v) is 12.8. The summed E-state index contributed by atoms with van der Waals surface area (Å²) in [5.41, 5.74) is 2.93. The van der Waals surface area contributed by atoms with Gasteiger partial charge in [-0.05, 0) is 56.0 Å². The highest BCUT2D eigenvalue weighted by Crippen LogP contribution is 2.31.